The first-order chi connectivity index (χ1) is 7.65. The summed E-state index contributed by atoms with van der Waals surface area (Å²) in [5, 5.41) is 1.94. The molecule has 2 heterocycles. The van der Waals surface area contributed by atoms with Crippen LogP contribution in [0.5, 0.6) is 0 Å². The third kappa shape index (κ3) is 2.93. The molecule has 0 bridgehead atoms. The van der Waals surface area contributed by atoms with Gasteiger partial charge in [0, 0.05) is 22.6 Å². The van der Waals surface area contributed by atoms with E-state index in [1.807, 2.05) is 13.0 Å². The molecular weight excluding hydrogens is 310 g/mol. The van der Waals surface area contributed by atoms with Crippen LogP contribution in [0.25, 0.3) is 0 Å². The number of hydrogen-bond donors (Lipinski definition) is 0. The monoisotopic (exact) mass is 315 g/mol. The lowest BCUT2D eigenvalue weighted by molar-refractivity contribution is 0.927. The molecule has 0 fully saturated rings. The maximum absolute atomic E-state index is 6.05. The molecule has 0 saturated carbocycles. The second-order valence-electron chi connectivity index (χ2n) is 3.02. The zero-order valence-corrected chi connectivity index (χ0v) is 11.5. The van der Waals surface area contributed by atoms with Crippen molar-refractivity contribution in [2.45, 2.75) is 17.1 Å². The van der Waals surface area contributed by atoms with E-state index in [9.17, 15) is 0 Å². The Balaban J connectivity index is 2.27. The molecule has 0 aliphatic rings. The van der Waals surface area contributed by atoms with Gasteiger partial charge in [-0.2, -0.15) is 0 Å². The second kappa shape index (κ2) is 5.12. The van der Waals surface area contributed by atoms with Gasteiger partial charge in [0.25, 0.3) is 0 Å². The molecule has 0 aromatic carbocycles. The van der Waals surface area contributed by atoms with E-state index in [1.54, 1.807) is 18.5 Å². The first kappa shape index (κ1) is 11.8. The van der Waals surface area contributed by atoms with Crippen molar-refractivity contribution in [1.29, 1.82) is 0 Å². The lowest BCUT2D eigenvalue weighted by Crippen LogP contribution is -1.89. The molecule has 0 saturated heterocycles. The largest absolute Gasteiger partial charge is 0.247 e. The molecule has 2 rings (SSSR count). The average Bonchev–Trinajstić information content (AvgIpc) is 2.22. The van der Waals surface area contributed by atoms with E-state index >= 15 is 0 Å². The molecule has 82 valence electrons. The molecule has 0 N–H and O–H groups in total. The molecule has 0 aliphatic heterocycles. The van der Waals surface area contributed by atoms with E-state index < -0.39 is 0 Å². The molecule has 3 nitrogen and oxygen atoms in total. The molecule has 0 amide bonds. The maximum Gasteiger partial charge on any atom is 0.194 e. The fourth-order valence-electron chi connectivity index (χ4n) is 1.04. The summed E-state index contributed by atoms with van der Waals surface area (Å²) < 4.78 is 0.854. The highest BCUT2D eigenvalue weighted by atomic mass is 79.9. The predicted octanol–water partition coefficient (Wildman–Crippen LogP) is 3.75. The number of nitrogens with zero attached hydrogens (tertiary/aromatic N) is 3. The predicted molar refractivity (Wildman–Crippen MR) is 67.8 cm³/mol. The van der Waals surface area contributed by atoms with Crippen molar-refractivity contribution in [3.8, 4) is 0 Å². The number of pyridine rings is 1. The van der Waals surface area contributed by atoms with Crippen LogP contribution in [0, 0.1) is 6.92 Å². The van der Waals surface area contributed by atoms with Crippen LogP contribution in [0.1, 0.15) is 5.69 Å². The Bertz CT molecular complexity index is 521. The number of rotatable bonds is 2. The van der Waals surface area contributed by atoms with Gasteiger partial charge in [0.1, 0.15) is 5.03 Å². The second-order valence-corrected chi connectivity index (χ2v) is 5.30. The van der Waals surface area contributed by atoms with E-state index in [2.05, 4.69) is 30.9 Å². The Kier molecular flexibility index (Phi) is 3.78. The van der Waals surface area contributed by atoms with Gasteiger partial charge in [-0.25, -0.2) is 15.0 Å². The zero-order valence-electron chi connectivity index (χ0n) is 8.32. The van der Waals surface area contributed by atoms with Gasteiger partial charge in [-0.05, 0) is 46.7 Å². The highest BCUT2D eigenvalue weighted by Crippen LogP contribution is 2.30. The van der Waals surface area contributed by atoms with E-state index in [1.165, 1.54) is 11.8 Å². The summed E-state index contributed by atoms with van der Waals surface area (Å²) in [6, 6.07) is 3.65. The highest BCUT2D eigenvalue weighted by molar-refractivity contribution is 9.10. The van der Waals surface area contributed by atoms with Crippen molar-refractivity contribution in [3.05, 3.63) is 39.7 Å². The molecule has 16 heavy (non-hydrogen) atoms. The lowest BCUT2D eigenvalue weighted by Gasteiger charge is -2.02. The van der Waals surface area contributed by atoms with Gasteiger partial charge >= 0.3 is 0 Å². The van der Waals surface area contributed by atoms with Crippen LogP contribution in [0.2, 0.25) is 5.02 Å². The van der Waals surface area contributed by atoms with Crippen LogP contribution in [-0.2, 0) is 0 Å². The maximum atomic E-state index is 6.05. The summed E-state index contributed by atoms with van der Waals surface area (Å²) in [5.41, 5.74) is 0.922. The van der Waals surface area contributed by atoms with Crippen LogP contribution < -0.4 is 0 Å². The number of halogens is 2. The van der Waals surface area contributed by atoms with Crippen LogP contribution in [0.4, 0.5) is 0 Å². The zero-order chi connectivity index (χ0) is 11.5. The minimum Gasteiger partial charge on any atom is -0.247 e. The number of aryl methyl sites for hydroxylation is 1. The van der Waals surface area contributed by atoms with Crippen LogP contribution >= 0.6 is 39.3 Å². The number of aromatic nitrogens is 3. The molecule has 0 radical (unpaired) electrons. The van der Waals surface area contributed by atoms with E-state index in [-0.39, 0.29) is 0 Å². The summed E-state index contributed by atoms with van der Waals surface area (Å²) in [7, 11) is 0. The summed E-state index contributed by atoms with van der Waals surface area (Å²) in [6.45, 7) is 1.92. The topological polar surface area (TPSA) is 38.7 Å². The van der Waals surface area contributed by atoms with Gasteiger partial charge in [0.05, 0.1) is 5.02 Å². The first-order valence-electron chi connectivity index (χ1n) is 4.44. The summed E-state index contributed by atoms with van der Waals surface area (Å²) >= 11 is 10.7. The minimum atomic E-state index is 0.587. The molecular formula is C10H7BrClN3S. The van der Waals surface area contributed by atoms with Gasteiger partial charge in [0.15, 0.2) is 5.16 Å². The van der Waals surface area contributed by atoms with Crippen molar-refractivity contribution >= 4 is 39.3 Å². The normalized spacial score (nSPS) is 10.4. The molecule has 0 aliphatic carbocycles. The Hall–Kier alpha value is -0.650. The molecule has 2 aromatic heterocycles. The SMILES string of the molecule is Cc1ccnc(Sc2ncc(Br)cc2Cl)n1. The van der Waals surface area contributed by atoms with E-state index in [4.69, 9.17) is 11.6 Å². The molecule has 0 atom stereocenters. The van der Waals surface area contributed by atoms with Crippen molar-refractivity contribution in [2.75, 3.05) is 0 Å². The van der Waals surface area contributed by atoms with Gasteiger partial charge in [-0.3, -0.25) is 0 Å². The fourth-order valence-corrected chi connectivity index (χ4v) is 2.52. The standard InChI is InChI=1S/C10H7BrClN3S/c1-6-2-3-13-10(15-6)16-9-8(12)4-7(11)5-14-9/h2-5H,1H3. The Labute approximate surface area is 111 Å². The van der Waals surface area contributed by atoms with Crippen molar-refractivity contribution < 1.29 is 0 Å². The lowest BCUT2D eigenvalue weighted by atomic mass is 10.5. The third-order valence-corrected chi connectivity index (χ3v) is 3.47. The quantitative estimate of drug-likeness (QED) is 0.791. The summed E-state index contributed by atoms with van der Waals surface area (Å²) in [5.74, 6) is 0. The van der Waals surface area contributed by atoms with Crippen molar-refractivity contribution in [1.82, 2.24) is 15.0 Å². The van der Waals surface area contributed by atoms with E-state index in [0.29, 0.717) is 15.2 Å². The van der Waals surface area contributed by atoms with Gasteiger partial charge in [-0.1, -0.05) is 11.6 Å². The minimum absolute atomic E-state index is 0.587. The van der Waals surface area contributed by atoms with Gasteiger partial charge < -0.3 is 0 Å². The van der Waals surface area contributed by atoms with Crippen molar-refractivity contribution in [3.63, 3.8) is 0 Å². The first-order valence-corrected chi connectivity index (χ1v) is 6.42. The molecule has 0 unspecified atom stereocenters. The summed E-state index contributed by atoms with van der Waals surface area (Å²) in [6.07, 6.45) is 3.42. The van der Waals surface area contributed by atoms with Gasteiger partial charge in [0.2, 0.25) is 0 Å². The van der Waals surface area contributed by atoms with Crippen LogP contribution in [0.15, 0.2) is 39.2 Å². The number of hydrogen-bond acceptors (Lipinski definition) is 4. The average molecular weight is 317 g/mol. The fraction of sp³-hybridized carbons (Fsp3) is 0.100. The Morgan fingerprint density at radius 1 is 1.38 bits per heavy atom. The summed E-state index contributed by atoms with van der Waals surface area (Å²) in [4.78, 5) is 12.6. The molecule has 2 aromatic rings. The van der Waals surface area contributed by atoms with Gasteiger partial charge in [-0.15, -0.1) is 0 Å². The Morgan fingerprint density at radius 2 is 2.19 bits per heavy atom. The third-order valence-electron chi connectivity index (χ3n) is 1.73. The molecule has 6 heteroatoms. The smallest absolute Gasteiger partial charge is 0.194 e. The van der Waals surface area contributed by atoms with E-state index in [0.717, 1.165) is 10.2 Å². The van der Waals surface area contributed by atoms with Crippen LogP contribution in [-0.4, -0.2) is 15.0 Å². The van der Waals surface area contributed by atoms with Crippen molar-refractivity contribution in [2.24, 2.45) is 0 Å². The highest BCUT2D eigenvalue weighted by Gasteiger charge is 2.07. The Morgan fingerprint density at radius 3 is 2.88 bits per heavy atom. The van der Waals surface area contributed by atoms with Crippen LogP contribution in [0.3, 0.4) is 0 Å². The molecule has 0 spiro atoms.